The zero-order valence-electron chi connectivity index (χ0n) is 16.0. The summed E-state index contributed by atoms with van der Waals surface area (Å²) in [5, 5.41) is 4.20. The molecule has 3 aromatic rings. The number of nitrogens with two attached hydrogens (primary N) is 1. The van der Waals surface area contributed by atoms with Crippen LogP contribution in [0.15, 0.2) is 41.1 Å². The zero-order valence-corrected chi connectivity index (χ0v) is 16.8. The monoisotopic (exact) mass is 402 g/mol. The molecule has 0 saturated heterocycles. The molecule has 1 saturated carbocycles. The highest BCUT2D eigenvalue weighted by Crippen LogP contribution is 2.27. The van der Waals surface area contributed by atoms with Gasteiger partial charge in [0.2, 0.25) is 5.89 Å². The van der Waals surface area contributed by atoms with Gasteiger partial charge in [-0.15, -0.1) is 12.4 Å². The van der Waals surface area contributed by atoms with E-state index in [2.05, 4.69) is 21.4 Å². The smallest absolute Gasteiger partial charge is 0.273 e. The molecule has 0 unspecified atom stereocenters. The first-order valence-corrected chi connectivity index (χ1v) is 9.64. The predicted octanol–water partition coefficient (Wildman–Crippen LogP) is 4.06. The summed E-state index contributed by atoms with van der Waals surface area (Å²) < 4.78 is 5.59. The lowest BCUT2D eigenvalue weighted by Gasteiger charge is -2.22. The van der Waals surface area contributed by atoms with Gasteiger partial charge in [0, 0.05) is 29.6 Å². The van der Waals surface area contributed by atoms with Gasteiger partial charge in [-0.05, 0) is 31.4 Å². The van der Waals surface area contributed by atoms with Crippen molar-refractivity contribution in [2.75, 3.05) is 0 Å². The first kappa shape index (κ1) is 20.4. The number of halogens is 1. The fourth-order valence-corrected chi connectivity index (χ4v) is 3.90. The summed E-state index contributed by atoms with van der Waals surface area (Å²) in [5.74, 6) is 0.196. The van der Waals surface area contributed by atoms with Crippen LogP contribution < -0.4 is 11.1 Å². The van der Waals surface area contributed by atoms with Gasteiger partial charge < -0.3 is 20.5 Å². The molecule has 28 heavy (non-hydrogen) atoms. The molecular formula is C21H27ClN4O2. The second-order valence-electron chi connectivity index (χ2n) is 7.80. The van der Waals surface area contributed by atoms with Gasteiger partial charge in [0.15, 0.2) is 5.69 Å². The number of rotatable bonds is 5. The third kappa shape index (κ3) is 4.23. The van der Waals surface area contributed by atoms with Gasteiger partial charge in [-0.25, -0.2) is 4.98 Å². The molecule has 6 nitrogen and oxygen atoms in total. The quantitative estimate of drug-likeness (QED) is 0.599. The van der Waals surface area contributed by atoms with Crippen LogP contribution in [0.2, 0.25) is 0 Å². The van der Waals surface area contributed by atoms with Crippen LogP contribution >= 0.6 is 12.4 Å². The average molecular weight is 403 g/mol. The summed E-state index contributed by atoms with van der Waals surface area (Å²) in [5.41, 5.74) is 8.17. The van der Waals surface area contributed by atoms with E-state index in [1.165, 1.54) is 25.5 Å². The molecule has 1 aliphatic rings. The number of fused-ring (bicyclic) bond motifs is 1. The number of nitrogens with one attached hydrogen (secondary N) is 2. The lowest BCUT2D eigenvalue weighted by Crippen LogP contribution is -2.37. The van der Waals surface area contributed by atoms with E-state index in [0.29, 0.717) is 18.0 Å². The molecule has 1 atom stereocenters. The molecule has 0 aliphatic heterocycles. The molecule has 4 rings (SSSR count). The number of H-pyrrole nitrogens is 1. The van der Waals surface area contributed by atoms with Crippen molar-refractivity contribution in [3.8, 4) is 0 Å². The van der Waals surface area contributed by atoms with Crippen LogP contribution in [0.5, 0.6) is 0 Å². The minimum absolute atomic E-state index is 0. The summed E-state index contributed by atoms with van der Waals surface area (Å²) in [4.78, 5) is 20.1. The maximum atomic E-state index is 12.5. The molecular weight excluding hydrogens is 376 g/mol. The predicted molar refractivity (Wildman–Crippen MR) is 112 cm³/mol. The van der Waals surface area contributed by atoms with Crippen LogP contribution in [0.4, 0.5) is 0 Å². The van der Waals surface area contributed by atoms with E-state index in [9.17, 15) is 4.79 Å². The molecule has 0 radical (unpaired) electrons. The summed E-state index contributed by atoms with van der Waals surface area (Å²) >= 11 is 0. The molecule has 1 fully saturated rings. The Balaban J connectivity index is 0.00000225. The zero-order chi connectivity index (χ0) is 18.9. The van der Waals surface area contributed by atoms with Crippen LogP contribution in [0.1, 0.15) is 61.0 Å². The van der Waals surface area contributed by atoms with Crippen LogP contribution in [-0.2, 0) is 12.0 Å². The minimum atomic E-state index is -0.811. The number of carbonyl (C=O) groups is 1. The number of nitrogens with zero attached hydrogens (tertiary/aromatic N) is 1. The topological polar surface area (TPSA) is 96.9 Å². The van der Waals surface area contributed by atoms with Crippen molar-refractivity contribution >= 4 is 29.2 Å². The summed E-state index contributed by atoms with van der Waals surface area (Å²) in [6, 6.07) is 8.34. The second kappa shape index (κ2) is 8.37. The lowest BCUT2D eigenvalue weighted by molar-refractivity contribution is 0.0922. The van der Waals surface area contributed by atoms with E-state index < -0.39 is 5.54 Å². The number of oxazole rings is 1. The molecule has 0 bridgehead atoms. The fraction of sp³-hybridized carbons (Fsp3) is 0.429. The SMILES string of the molecule is C[C@](N)(Cc1c[nH]c2ccccc12)c1nc(C(=O)NC2CCCCC2)co1.Cl. The van der Waals surface area contributed by atoms with Crippen LogP contribution in [0, 0.1) is 0 Å². The Bertz CT molecular complexity index is 941. The number of para-hydroxylation sites is 1. The number of aromatic amines is 1. The van der Waals surface area contributed by atoms with Crippen molar-refractivity contribution < 1.29 is 9.21 Å². The normalized spacial score (nSPS) is 17.1. The van der Waals surface area contributed by atoms with Crippen molar-refractivity contribution in [3.63, 3.8) is 0 Å². The van der Waals surface area contributed by atoms with E-state index in [4.69, 9.17) is 10.2 Å². The number of hydrogen-bond acceptors (Lipinski definition) is 4. The summed E-state index contributed by atoms with van der Waals surface area (Å²) in [7, 11) is 0. The first-order valence-electron chi connectivity index (χ1n) is 9.64. The van der Waals surface area contributed by atoms with E-state index in [0.717, 1.165) is 29.3 Å². The van der Waals surface area contributed by atoms with Gasteiger partial charge in [-0.2, -0.15) is 0 Å². The maximum absolute atomic E-state index is 12.5. The number of amides is 1. The van der Waals surface area contributed by atoms with E-state index in [1.54, 1.807) is 0 Å². The van der Waals surface area contributed by atoms with Gasteiger partial charge in [0.05, 0.1) is 5.54 Å². The highest BCUT2D eigenvalue weighted by atomic mass is 35.5. The molecule has 7 heteroatoms. The number of carbonyl (C=O) groups excluding carboxylic acids is 1. The summed E-state index contributed by atoms with van der Waals surface area (Å²) in [6.07, 6.45) is 9.59. The lowest BCUT2D eigenvalue weighted by atomic mass is 9.93. The van der Waals surface area contributed by atoms with Crippen LogP contribution in [-0.4, -0.2) is 21.9 Å². The fourth-order valence-electron chi connectivity index (χ4n) is 3.90. The molecule has 4 N–H and O–H groups in total. The highest BCUT2D eigenvalue weighted by molar-refractivity contribution is 5.92. The largest absolute Gasteiger partial charge is 0.446 e. The Hall–Kier alpha value is -2.31. The van der Waals surface area contributed by atoms with Gasteiger partial charge in [-0.3, -0.25) is 4.79 Å². The third-order valence-electron chi connectivity index (χ3n) is 5.40. The van der Waals surface area contributed by atoms with Crippen molar-refractivity contribution in [2.24, 2.45) is 5.73 Å². The Morgan fingerprint density at radius 3 is 2.86 bits per heavy atom. The van der Waals surface area contributed by atoms with Gasteiger partial charge >= 0.3 is 0 Å². The molecule has 150 valence electrons. The minimum Gasteiger partial charge on any atom is -0.446 e. The highest BCUT2D eigenvalue weighted by Gasteiger charge is 2.30. The Labute approximate surface area is 170 Å². The number of hydrogen-bond donors (Lipinski definition) is 3. The van der Waals surface area contributed by atoms with Crippen molar-refractivity contribution in [3.05, 3.63) is 53.9 Å². The van der Waals surface area contributed by atoms with E-state index >= 15 is 0 Å². The van der Waals surface area contributed by atoms with Crippen molar-refractivity contribution in [2.45, 2.75) is 57.0 Å². The number of benzene rings is 1. The van der Waals surface area contributed by atoms with Crippen molar-refractivity contribution in [1.82, 2.24) is 15.3 Å². The van der Waals surface area contributed by atoms with Gasteiger partial charge in [0.25, 0.3) is 5.91 Å². The number of aromatic nitrogens is 2. The maximum Gasteiger partial charge on any atom is 0.273 e. The third-order valence-corrected chi connectivity index (χ3v) is 5.40. The first-order chi connectivity index (χ1) is 13.0. The van der Waals surface area contributed by atoms with E-state index in [-0.39, 0.29) is 24.4 Å². The van der Waals surface area contributed by atoms with E-state index in [1.807, 2.05) is 31.3 Å². The Morgan fingerprint density at radius 1 is 1.32 bits per heavy atom. The van der Waals surface area contributed by atoms with Crippen molar-refractivity contribution in [1.29, 1.82) is 0 Å². The summed E-state index contributed by atoms with van der Waals surface area (Å²) in [6.45, 7) is 1.88. The molecule has 1 aliphatic carbocycles. The molecule has 1 aromatic carbocycles. The molecule has 2 aromatic heterocycles. The molecule has 2 heterocycles. The second-order valence-corrected chi connectivity index (χ2v) is 7.80. The van der Waals surface area contributed by atoms with Crippen LogP contribution in [0.3, 0.4) is 0 Å². The molecule has 0 spiro atoms. The van der Waals surface area contributed by atoms with Crippen LogP contribution in [0.25, 0.3) is 10.9 Å². The standard InChI is InChI=1S/C21H26N4O2.ClH/c1-21(22,11-14-12-23-17-10-6-5-9-16(14)17)20-25-18(13-27-20)19(26)24-15-7-3-2-4-8-15;/h5-6,9-10,12-13,15,23H,2-4,7-8,11,22H2,1H3,(H,24,26);1H/t21-;/m0./s1. The van der Waals surface area contributed by atoms with Gasteiger partial charge in [0.1, 0.15) is 6.26 Å². The Morgan fingerprint density at radius 2 is 2.07 bits per heavy atom. The van der Waals surface area contributed by atoms with Gasteiger partial charge in [-0.1, -0.05) is 37.5 Å². The molecule has 1 amide bonds. The average Bonchev–Trinajstić information content (AvgIpc) is 3.31. The Kier molecular flexibility index (Phi) is 6.10.